The lowest BCUT2D eigenvalue weighted by molar-refractivity contribution is 0.00578. The van der Waals surface area contributed by atoms with E-state index in [1.165, 1.54) is 0 Å². The summed E-state index contributed by atoms with van der Waals surface area (Å²) < 4.78 is 23.6. The van der Waals surface area contributed by atoms with Crippen molar-refractivity contribution in [2.24, 2.45) is 0 Å². The van der Waals surface area contributed by atoms with Crippen LogP contribution in [0.1, 0.15) is 27.7 Å². The fraction of sp³-hybridized carbons (Fsp3) is 0.0571. The number of benzene rings is 15. The standard InChI is InChI=1S/C59H38N8.C25H25BN2O2.C21H12Cl2N4/c1-4-16-41(17-5-1)58-60-49-23-11-14-26-53(49)66(58)45-33-28-39(29-34-45)55-62-56(40-30-35-46(36-31-40)67-54-27-15-12-24-50(54)61-59(67)42-18-6-2-7-19-42)64-57(63-55)43-32-37-52-48(38-43)47-22-10-13-25-51(47)65(52)44-20-8-3-9-21-44;1-24(2)25(3,4)30-26(29-24)19-14-16-20(17-15-19)28-22-13-9-8-12-21(22)27-23(28)18-10-6-5-7-11-18;22-20-24-19(25-21(23)26-20)13-10-11-18-16(12-13)15-8-4-5-9-17(15)27(18)14-6-2-1-3-7-14/h1-38H;5-17H,1-4H3;1-12H. The van der Waals surface area contributed by atoms with Gasteiger partial charge in [-0.25, -0.2) is 29.9 Å². The van der Waals surface area contributed by atoms with Gasteiger partial charge in [0.05, 0.1) is 66.4 Å². The molecule has 0 aliphatic carbocycles. The molecule has 23 rings (SSSR count). The van der Waals surface area contributed by atoms with Crippen molar-refractivity contribution in [1.29, 1.82) is 0 Å². The highest BCUT2D eigenvalue weighted by Crippen LogP contribution is 2.41. The Kier molecular flexibility index (Phi) is 19.6. The number of aromatic nitrogens is 14. The van der Waals surface area contributed by atoms with Crippen LogP contribution in [0.15, 0.2) is 382 Å². The number of nitrogens with zero attached hydrogens (tertiary/aromatic N) is 14. The monoisotopic (exact) mass is 1640 g/mol. The van der Waals surface area contributed by atoms with Crippen molar-refractivity contribution >= 4 is 112 Å². The minimum Gasteiger partial charge on any atom is -0.399 e. The highest BCUT2D eigenvalue weighted by molar-refractivity contribution is 6.62. The van der Waals surface area contributed by atoms with Crippen LogP contribution in [0, 0.1) is 0 Å². The van der Waals surface area contributed by atoms with Gasteiger partial charge in [0.2, 0.25) is 10.6 Å². The summed E-state index contributed by atoms with van der Waals surface area (Å²) in [6.45, 7) is 8.30. The second kappa shape index (κ2) is 31.8. The van der Waals surface area contributed by atoms with Crippen molar-refractivity contribution in [2.45, 2.75) is 38.9 Å². The zero-order valence-electron chi connectivity index (χ0n) is 67.8. The molecule has 1 fully saturated rings. The Morgan fingerprint density at radius 3 is 0.863 bits per heavy atom. The predicted molar refractivity (Wildman–Crippen MR) is 502 cm³/mol. The molecule has 7 aromatic heterocycles. The second-order valence-electron chi connectivity index (χ2n) is 31.5. The summed E-state index contributed by atoms with van der Waals surface area (Å²) in [4.78, 5) is 43.0. The zero-order chi connectivity index (χ0) is 83.6. The van der Waals surface area contributed by atoms with Crippen molar-refractivity contribution in [2.75, 3.05) is 0 Å². The average molecular weight is 1650 g/mol. The summed E-state index contributed by atoms with van der Waals surface area (Å²) >= 11 is 11.9. The fourth-order valence-electron chi connectivity index (χ4n) is 16.6. The summed E-state index contributed by atoms with van der Waals surface area (Å²) in [6.07, 6.45) is 0. The molecule has 594 valence electrons. The molecule has 22 aromatic rings. The molecule has 15 aromatic carbocycles. The van der Waals surface area contributed by atoms with E-state index >= 15 is 0 Å². The van der Waals surface area contributed by atoms with E-state index in [2.05, 4.69) is 332 Å². The van der Waals surface area contributed by atoms with Crippen LogP contribution in [0.25, 0.3) is 185 Å². The highest BCUT2D eigenvalue weighted by Gasteiger charge is 2.51. The van der Waals surface area contributed by atoms with Crippen LogP contribution in [0.2, 0.25) is 10.6 Å². The molecule has 0 bridgehead atoms. The van der Waals surface area contributed by atoms with Crippen molar-refractivity contribution in [3.63, 3.8) is 0 Å². The maximum Gasteiger partial charge on any atom is 0.494 e. The predicted octanol–water partition coefficient (Wildman–Crippen LogP) is 24.9. The molecule has 8 heterocycles. The van der Waals surface area contributed by atoms with Crippen LogP contribution in [-0.2, 0) is 9.31 Å². The Hall–Kier alpha value is -15.1. The van der Waals surface area contributed by atoms with Crippen LogP contribution in [0.5, 0.6) is 0 Å². The van der Waals surface area contributed by atoms with Crippen molar-refractivity contribution in [1.82, 2.24) is 67.7 Å². The van der Waals surface area contributed by atoms with E-state index in [0.29, 0.717) is 23.3 Å². The quantitative estimate of drug-likeness (QED) is 0.101. The summed E-state index contributed by atoms with van der Waals surface area (Å²) in [7, 11) is -0.364. The molecule has 19 heteroatoms. The lowest BCUT2D eigenvalue weighted by atomic mass is 9.79. The molecule has 0 spiro atoms. The van der Waals surface area contributed by atoms with Crippen LogP contribution < -0.4 is 5.46 Å². The van der Waals surface area contributed by atoms with E-state index < -0.39 is 0 Å². The van der Waals surface area contributed by atoms with Crippen LogP contribution in [0.4, 0.5) is 0 Å². The van der Waals surface area contributed by atoms with Gasteiger partial charge in [0.15, 0.2) is 23.3 Å². The first-order valence-electron chi connectivity index (χ1n) is 41.1. The van der Waals surface area contributed by atoms with Gasteiger partial charge in [0, 0.05) is 88.9 Å². The van der Waals surface area contributed by atoms with E-state index in [9.17, 15) is 0 Å². The first kappa shape index (κ1) is 76.3. The minimum absolute atomic E-state index is 0.0804. The average Bonchev–Trinajstić information content (AvgIpc) is 1.51. The normalized spacial score (nSPS) is 13.0. The zero-order valence-corrected chi connectivity index (χ0v) is 69.3. The first-order valence-corrected chi connectivity index (χ1v) is 41.8. The number of imidazole rings is 3. The van der Waals surface area contributed by atoms with E-state index in [-0.39, 0.29) is 28.9 Å². The molecule has 0 saturated carbocycles. The molecule has 124 heavy (non-hydrogen) atoms. The van der Waals surface area contributed by atoms with Gasteiger partial charge in [-0.3, -0.25) is 13.7 Å². The van der Waals surface area contributed by atoms with Crippen LogP contribution in [-0.4, -0.2) is 86.0 Å². The molecular formula is C105H75BCl2N14O2. The number of rotatable bonds is 13. The van der Waals surface area contributed by atoms with Gasteiger partial charge >= 0.3 is 7.12 Å². The van der Waals surface area contributed by atoms with Gasteiger partial charge in [-0.1, -0.05) is 212 Å². The summed E-state index contributed by atoms with van der Waals surface area (Å²) in [5.41, 5.74) is 22.7. The third-order valence-electron chi connectivity index (χ3n) is 23.3. The van der Waals surface area contributed by atoms with Crippen molar-refractivity contribution in [3.8, 4) is 108 Å². The number of halogens is 2. The number of hydrogen-bond acceptors (Lipinski definition) is 11. The summed E-state index contributed by atoms with van der Waals surface area (Å²) in [6, 6.07) is 131. The van der Waals surface area contributed by atoms with Crippen molar-refractivity contribution in [3.05, 3.63) is 393 Å². The largest absolute Gasteiger partial charge is 0.494 e. The Morgan fingerprint density at radius 2 is 0.500 bits per heavy atom. The molecule has 16 nitrogen and oxygen atoms in total. The Morgan fingerprint density at radius 1 is 0.226 bits per heavy atom. The Labute approximate surface area is 724 Å². The SMILES string of the molecule is CC1(C)OB(c2ccc(-n3c(-c4ccccc4)nc4ccccc43)cc2)OC1(C)C.Clc1nc(Cl)nc(-c2ccc3c(c2)c2ccccc2n3-c2ccccc2)n1.c1ccc(-c2nc3ccccc3n2-c2ccc(-c3nc(-c4ccc(-n5c(-c6ccccc6)nc6ccccc65)cc4)nc(-c4ccc5c(c4)c4ccccc4n5-c4ccccc4)n3)cc2)cc1. The van der Waals surface area contributed by atoms with Crippen molar-refractivity contribution < 1.29 is 9.31 Å². The summed E-state index contributed by atoms with van der Waals surface area (Å²) in [5, 5.41) is 4.71. The second-order valence-corrected chi connectivity index (χ2v) is 32.2. The number of fused-ring (bicyclic) bond motifs is 9. The highest BCUT2D eigenvalue weighted by atomic mass is 35.5. The molecular weight excluding hydrogens is 1570 g/mol. The van der Waals surface area contributed by atoms with Gasteiger partial charge < -0.3 is 18.4 Å². The topological polar surface area (TPSA) is 159 Å². The van der Waals surface area contributed by atoms with E-state index in [0.717, 1.165) is 167 Å². The van der Waals surface area contributed by atoms with Gasteiger partial charge in [-0.15, -0.1) is 0 Å². The van der Waals surface area contributed by atoms with E-state index in [1.807, 2.05) is 115 Å². The molecule has 1 aliphatic heterocycles. The molecule has 1 aliphatic rings. The van der Waals surface area contributed by atoms with E-state index in [4.69, 9.17) is 62.4 Å². The van der Waals surface area contributed by atoms with E-state index in [1.54, 1.807) is 0 Å². The third kappa shape index (κ3) is 14.2. The lowest BCUT2D eigenvalue weighted by Gasteiger charge is -2.32. The Bertz CT molecular complexity index is 7540. The van der Waals surface area contributed by atoms with Gasteiger partial charge in [-0.05, 0) is 226 Å². The first-order chi connectivity index (χ1) is 60.8. The number of hydrogen-bond donors (Lipinski definition) is 0. The molecule has 0 radical (unpaired) electrons. The van der Waals surface area contributed by atoms with Crippen LogP contribution in [0.3, 0.4) is 0 Å². The summed E-state index contributed by atoms with van der Waals surface area (Å²) in [5.74, 6) is 4.89. The number of para-hydroxylation sites is 10. The third-order valence-corrected chi connectivity index (χ3v) is 23.7. The lowest BCUT2D eigenvalue weighted by Crippen LogP contribution is -2.41. The van der Waals surface area contributed by atoms with Gasteiger partial charge in [-0.2, -0.15) is 15.0 Å². The van der Waals surface area contributed by atoms with Crippen LogP contribution >= 0.6 is 23.2 Å². The molecule has 0 atom stereocenters. The fourth-order valence-corrected chi connectivity index (χ4v) is 17.0. The minimum atomic E-state index is -0.364. The smallest absolute Gasteiger partial charge is 0.399 e. The Balaban J connectivity index is 0.000000135. The van der Waals surface area contributed by atoms with Gasteiger partial charge in [0.25, 0.3) is 0 Å². The maximum absolute atomic E-state index is 6.20. The maximum atomic E-state index is 6.20. The molecule has 0 amide bonds. The van der Waals surface area contributed by atoms with Gasteiger partial charge in [0.1, 0.15) is 17.5 Å². The molecule has 1 saturated heterocycles. The molecule has 0 N–H and O–H groups in total. The molecule has 0 unspecified atom stereocenters.